The van der Waals surface area contributed by atoms with Gasteiger partial charge in [-0.1, -0.05) is 50.3 Å². The fourth-order valence-electron chi connectivity index (χ4n) is 1.72. The van der Waals surface area contributed by atoms with Gasteiger partial charge in [0.25, 0.3) is 0 Å². The zero-order valence-electron chi connectivity index (χ0n) is 10.9. The fraction of sp³-hybridized carbons (Fsp3) is 0.400. The van der Waals surface area contributed by atoms with Gasteiger partial charge in [0.05, 0.1) is 5.92 Å². The van der Waals surface area contributed by atoms with E-state index in [1.807, 2.05) is 30.3 Å². The molecule has 3 heteroatoms. The molecule has 0 heterocycles. The molecule has 1 aromatic rings. The van der Waals surface area contributed by atoms with Crippen LogP contribution in [0.15, 0.2) is 43.1 Å². The standard InChI is InChI=1S/C15H21NO2/c1-3-8-14(11-16-4-2)15(17)18-12-13-9-6-5-7-10-13/h4-7,9-10,14,16H,2-3,8,11-12H2,1H3/t14-/m1/s1. The highest BCUT2D eigenvalue weighted by atomic mass is 16.5. The lowest BCUT2D eigenvalue weighted by Gasteiger charge is -2.15. The van der Waals surface area contributed by atoms with Gasteiger partial charge < -0.3 is 10.1 Å². The largest absolute Gasteiger partial charge is 0.461 e. The topological polar surface area (TPSA) is 38.3 Å². The molecular weight excluding hydrogens is 226 g/mol. The Morgan fingerprint density at radius 3 is 2.78 bits per heavy atom. The van der Waals surface area contributed by atoms with Crippen LogP contribution in [0.1, 0.15) is 25.3 Å². The second kappa shape index (κ2) is 8.34. The van der Waals surface area contributed by atoms with Gasteiger partial charge in [-0.25, -0.2) is 0 Å². The zero-order chi connectivity index (χ0) is 13.2. The molecule has 3 nitrogen and oxygen atoms in total. The van der Waals surface area contributed by atoms with Gasteiger partial charge in [0.2, 0.25) is 0 Å². The number of nitrogens with one attached hydrogen (secondary N) is 1. The predicted molar refractivity (Wildman–Crippen MR) is 72.8 cm³/mol. The summed E-state index contributed by atoms with van der Waals surface area (Å²) >= 11 is 0. The Bertz CT molecular complexity index is 362. The lowest BCUT2D eigenvalue weighted by Crippen LogP contribution is -2.27. The Morgan fingerprint density at radius 2 is 2.17 bits per heavy atom. The second-order valence-electron chi connectivity index (χ2n) is 4.19. The lowest BCUT2D eigenvalue weighted by molar-refractivity contribution is -0.150. The van der Waals surface area contributed by atoms with Crippen LogP contribution in [-0.4, -0.2) is 12.5 Å². The van der Waals surface area contributed by atoms with Gasteiger partial charge in [-0.05, 0) is 18.2 Å². The summed E-state index contributed by atoms with van der Waals surface area (Å²) in [6, 6.07) is 9.71. The van der Waals surface area contributed by atoms with Crippen LogP contribution < -0.4 is 5.32 Å². The van der Waals surface area contributed by atoms with Gasteiger partial charge >= 0.3 is 5.97 Å². The Kier molecular flexibility index (Phi) is 6.62. The molecule has 1 rings (SSSR count). The van der Waals surface area contributed by atoms with Crippen molar-refractivity contribution in [2.45, 2.75) is 26.4 Å². The van der Waals surface area contributed by atoms with E-state index < -0.39 is 0 Å². The summed E-state index contributed by atoms with van der Waals surface area (Å²) in [4.78, 5) is 11.9. The van der Waals surface area contributed by atoms with Crippen LogP contribution in [0.3, 0.4) is 0 Å². The Labute approximate surface area is 109 Å². The third-order valence-electron chi connectivity index (χ3n) is 2.70. The van der Waals surface area contributed by atoms with Crippen LogP contribution in [0.5, 0.6) is 0 Å². The van der Waals surface area contributed by atoms with Gasteiger partial charge in [-0.3, -0.25) is 4.79 Å². The first-order valence-electron chi connectivity index (χ1n) is 6.32. The maximum Gasteiger partial charge on any atom is 0.311 e. The number of rotatable bonds is 8. The monoisotopic (exact) mass is 247 g/mol. The van der Waals surface area contributed by atoms with Crippen molar-refractivity contribution in [1.29, 1.82) is 0 Å². The van der Waals surface area contributed by atoms with Crippen molar-refractivity contribution < 1.29 is 9.53 Å². The molecule has 0 aliphatic rings. The van der Waals surface area contributed by atoms with Crippen molar-refractivity contribution in [3.05, 3.63) is 48.7 Å². The first-order valence-corrected chi connectivity index (χ1v) is 6.32. The van der Waals surface area contributed by atoms with Crippen LogP contribution >= 0.6 is 0 Å². The van der Waals surface area contributed by atoms with Crippen LogP contribution in [0.4, 0.5) is 0 Å². The molecule has 0 saturated carbocycles. The van der Waals surface area contributed by atoms with E-state index in [-0.39, 0.29) is 11.9 Å². The number of hydrogen-bond donors (Lipinski definition) is 1. The molecule has 1 N–H and O–H groups in total. The number of carbonyl (C=O) groups is 1. The molecule has 1 aromatic carbocycles. The lowest BCUT2D eigenvalue weighted by atomic mass is 10.0. The highest BCUT2D eigenvalue weighted by Gasteiger charge is 2.18. The molecule has 18 heavy (non-hydrogen) atoms. The molecule has 0 aliphatic carbocycles. The van der Waals surface area contributed by atoms with Crippen molar-refractivity contribution in [2.24, 2.45) is 5.92 Å². The average molecular weight is 247 g/mol. The summed E-state index contributed by atoms with van der Waals surface area (Å²) in [5, 5.41) is 2.98. The van der Waals surface area contributed by atoms with Crippen molar-refractivity contribution in [2.75, 3.05) is 6.54 Å². The summed E-state index contributed by atoms with van der Waals surface area (Å²) in [6.07, 6.45) is 3.39. The molecule has 0 aromatic heterocycles. The van der Waals surface area contributed by atoms with Crippen LogP contribution in [-0.2, 0) is 16.1 Å². The van der Waals surface area contributed by atoms with E-state index in [2.05, 4.69) is 18.8 Å². The maximum atomic E-state index is 11.9. The smallest absolute Gasteiger partial charge is 0.311 e. The molecule has 0 bridgehead atoms. The molecule has 0 saturated heterocycles. The number of ether oxygens (including phenoxy) is 1. The highest BCUT2D eigenvalue weighted by molar-refractivity contribution is 5.72. The Balaban J connectivity index is 2.43. The molecular formula is C15H21NO2. The Morgan fingerprint density at radius 1 is 1.44 bits per heavy atom. The maximum absolute atomic E-state index is 11.9. The zero-order valence-corrected chi connectivity index (χ0v) is 10.9. The van der Waals surface area contributed by atoms with Crippen LogP contribution in [0, 0.1) is 5.92 Å². The van der Waals surface area contributed by atoms with Crippen molar-refractivity contribution in [1.82, 2.24) is 5.32 Å². The van der Waals surface area contributed by atoms with Gasteiger partial charge in [0.1, 0.15) is 6.61 Å². The molecule has 0 spiro atoms. The number of esters is 1. The van der Waals surface area contributed by atoms with E-state index in [9.17, 15) is 4.79 Å². The summed E-state index contributed by atoms with van der Waals surface area (Å²) in [6.45, 7) is 6.57. The molecule has 0 amide bonds. The van der Waals surface area contributed by atoms with E-state index >= 15 is 0 Å². The number of carbonyl (C=O) groups excluding carboxylic acids is 1. The van der Waals surface area contributed by atoms with E-state index in [0.717, 1.165) is 18.4 Å². The molecule has 0 unspecified atom stereocenters. The molecule has 0 fully saturated rings. The van der Waals surface area contributed by atoms with Gasteiger partial charge in [0.15, 0.2) is 0 Å². The number of hydrogen-bond acceptors (Lipinski definition) is 3. The van der Waals surface area contributed by atoms with E-state index in [1.54, 1.807) is 6.20 Å². The highest BCUT2D eigenvalue weighted by Crippen LogP contribution is 2.10. The fourth-order valence-corrected chi connectivity index (χ4v) is 1.72. The Hall–Kier alpha value is -1.77. The molecule has 0 aliphatic heterocycles. The average Bonchev–Trinajstić information content (AvgIpc) is 2.42. The minimum absolute atomic E-state index is 0.100. The second-order valence-corrected chi connectivity index (χ2v) is 4.19. The number of benzene rings is 1. The third kappa shape index (κ3) is 5.04. The van der Waals surface area contributed by atoms with E-state index in [1.165, 1.54) is 0 Å². The molecule has 98 valence electrons. The summed E-state index contributed by atoms with van der Waals surface area (Å²) < 4.78 is 5.33. The molecule has 1 atom stereocenters. The van der Waals surface area contributed by atoms with E-state index in [0.29, 0.717) is 13.2 Å². The molecule has 0 radical (unpaired) electrons. The minimum atomic E-state index is -0.143. The normalized spacial score (nSPS) is 11.6. The van der Waals surface area contributed by atoms with Crippen LogP contribution in [0.25, 0.3) is 0 Å². The summed E-state index contributed by atoms with van der Waals surface area (Å²) in [5.41, 5.74) is 1.01. The van der Waals surface area contributed by atoms with Gasteiger partial charge in [-0.15, -0.1) is 0 Å². The quantitative estimate of drug-likeness (QED) is 0.718. The van der Waals surface area contributed by atoms with Gasteiger partial charge in [0, 0.05) is 6.54 Å². The SMILES string of the molecule is C=CNC[C@@H](CCC)C(=O)OCc1ccccc1. The summed E-state index contributed by atoms with van der Waals surface area (Å²) in [7, 11) is 0. The third-order valence-corrected chi connectivity index (χ3v) is 2.70. The van der Waals surface area contributed by atoms with Gasteiger partial charge in [-0.2, -0.15) is 0 Å². The first-order chi connectivity index (χ1) is 8.77. The van der Waals surface area contributed by atoms with Crippen molar-refractivity contribution >= 4 is 5.97 Å². The minimum Gasteiger partial charge on any atom is -0.461 e. The first kappa shape index (κ1) is 14.3. The van der Waals surface area contributed by atoms with Crippen molar-refractivity contribution in [3.63, 3.8) is 0 Å². The van der Waals surface area contributed by atoms with E-state index in [4.69, 9.17) is 4.74 Å². The van der Waals surface area contributed by atoms with Crippen LogP contribution in [0.2, 0.25) is 0 Å². The predicted octanol–water partition coefficient (Wildman–Crippen LogP) is 2.88. The summed E-state index contributed by atoms with van der Waals surface area (Å²) in [5.74, 6) is -0.244. The van der Waals surface area contributed by atoms with Crippen molar-refractivity contribution in [3.8, 4) is 0 Å².